The highest BCUT2D eigenvalue weighted by Crippen LogP contribution is 2.17. The van der Waals surface area contributed by atoms with Crippen LogP contribution in [0.1, 0.15) is 20.8 Å². The summed E-state index contributed by atoms with van der Waals surface area (Å²) in [7, 11) is 0. The molecule has 2 nitrogen and oxygen atoms in total. The molecule has 1 heterocycles. The fourth-order valence-electron chi connectivity index (χ4n) is 1.25. The number of hydrogen-bond acceptors (Lipinski definition) is 2. The molecule has 0 spiro atoms. The lowest BCUT2D eigenvalue weighted by molar-refractivity contribution is -0.113. The molecule has 66 valence electrons. The minimum Gasteiger partial charge on any atom is -0.372 e. The Morgan fingerprint density at radius 3 is 2.50 bits per heavy atom. The fraction of sp³-hybridized carbons (Fsp3) is 0.500. The van der Waals surface area contributed by atoms with Crippen molar-refractivity contribution < 1.29 is 9.53 Å². The van der Waals surface area contributed by atoms with E-state index in [-0.39, 0.29) is 5.78 Å². The number of ether oxygens (including phenoxy) is 1. The van der Waals surface area contributed by atoms with Crippen molar-refractivity contribution in [2.75, 3.05) is 13.2 Å². The van der Waals surface area contributed by atoms with Crippen LogP contribution in [0.3, 0.4) is 0 Å². The summed E-state index contributed by atoms with van der Waals surface area (Å²) in [6.45, 7) is 6.68. The second-order valence-corrected chi connectivity index (χ2v) is 3.27. The molecule has 0 aromatic carbocycles. The second-order valence-electron chi connectivity index (χ2n) is 3.27. The normalized spacial score (nSPS) is 16.6. The van der Waals surface area contributed by atoms with E-state index in [2.05, 4.69) is 0 Å². The van der Waals surface area contributed by atoms with E-state index in [0.717, 1.165) is 11.1 Å². The number of allylic oxidation sites excluding steroid dienone is 1. The molecule has 0 aromatic rings. The van der Waals surface area contributed by atoms with Gasteiger partial charge in [-0.25, -0.2) is 0 Å². The predicted molar refractivity (Wildman–Crippen MR) is 48.0 cm³/mol. The van der Waals surface area contributed by atoms with E-state index in [1.807, 2.05) is 19.9 Å². The first-order chi connectivity index (χ1) is 5.61. The molecule has 0 unspecified atom stereocenters. The summed E-state index contributed by atoms with van der Waals surface area (Å²) in [5.74, 6) is 0.125. The molecule has 0 saturated heterocycles. The topological polar surface area (TPSA) is 26.3 Å². The van der Waals surface area contributed by atoms with Crippen molar-refractivity contribution in [2.45, 2.75) is 20.8 Å². The number of carbonyl (C=O) groups excluding carboxylic acids is 1. The van der Waals surface area contributed by atoms with Crippen molar-refractivity contribution >= 4 is 5.78 Å². The van der Waals surface area contributed by atoms with Gasteiger partial charge in [0.2, 0.25) is 0 Å². The molecule has 1 aliphatic rings. The van der Waals surface area contributed by atoms with E-state index in [4.69, 9.17) is 4.74 Å². The summed E-state index contributed by atoms with van der Waals surface area (Å²) < 4.78 is 5.19. The Bertz CT molecular complexity index is 255. The third kappa shape index (κ3) is 2.05. The molecule has 0 aromatic heterocycles. The van der Waals surface area contributed by atoms with Crippen molar-refractivity contribution in [3.63, 3.8) is 0 Å². The molecule has 0 bridgehead atoms. The van der Waals surface area contributed by atoms with Gasteiger partial charge in [0.15, 0.2) is 5.78 Å². The number of ketones is 1. The van der Waals surface area contributed by atoms with Gasteiger partial charge in [0.25, 0.3) is 0 Å². The molecule has 0 amide bonds. The Hall–Kier alpha value is -0.890. The van der Waals surface area contributed by atoms with Crippen LogP contribution in [0.4, 0.5) is 0 Å². The largest absolute Gasteiger partial charge is 0.372 e. The fourth-order valence-corrected chi connectivity index (χ4v) is 1.25. The van der Waals surface area contributed by atoms with E-state index < -0.39 is 0 Å². The van der Waals surface area contributed by atoms with E-state index in [0.29, 0.717) is 13.2 Å². The van der Waals surface area contributed by atoms with Crippen molar-refractivity contribution in [2.24, 2.45) is 0 Å². The maximum Gasteiger partial charge on any atom is 0.158 e. The van der Waals surface area contributed by atoms with Gasteiger partial charge in [-0.3, -0.25) is 4.79 Å². The maximum absolute atomic E-state index is 11.1. The molecule has 0 atom stereocenters. The van der Waals surface area contributed by atoms with Gasteiger partial charge in [-0.05, 0) is 26.3 Å². The molecule has 2 heteroatoms. The van der Waals surface area contributed by atoms with E-state index in [1.54, 1.807) is 6.92 Å². The molecule has 0 radical (unpaired) electrons. The van der Waals surface area contributed by atoms with Crippen LogP contribution in [0.15, 0.2) is 22.8 Å². The Morgan fingerprint density at radius 1 is 1.33 bits per heavy atom. The monoisotopic (exact) mass is 166 g/mol. The molecular weight excluding hydrogens is 152 g/mol. The van der Waals surface area contributed by atoms with Crippen molar-refractivity contribution in [1.82, 2.24) is 0 Å². The van der Waals surface area contributed by atoms with Crippen LogP contribution < -0.4 is 0 Å². The summed E-state index contributed by atoms with van der Waals surface area (Å²) in [5, 5.41) is 0. The molecule has 0 N–H and O–H groups in total. The van der Waals surface area contributed by atoms with Crippen LogP contribution in [0.25, 0.3) is 0 Å². The molecule has 12 heavy (non-hydrogen) atoms. The minimum atomic E-state index is 0.125. The highest BCUT2D eigenvalue weighted by Gasteiger charge is 2.16. The van der Waals surface area contributed by atoms with Crippen LogP contribution in [0, 0.1) is 0 Å². The first-order valence-corrected chi connectivity index (χ1v) is 4.07. The average molecular weight is 166 g/mol. The van der Waals surface area contributed by atoms with Crippen molar-refractivity contribution in [3.8, 4) is 0 Å². The zero-order valence-corrected chi connectivity index (χ0v) is 7.81. The Balaban J connectivity index is 2.92. The Labute approximate surface area is 72.9 Å². The van der Waals surface area contributed by atoms with E-state index >= 15 is 0 Å². The predicted octanol–water partition coefficient (Wildman–Crippen LogP) is 1.87. The third-order valence-electron chi connectivity index (χ3n) is 1.78. The lowest BCUT2D eigenvalue weighted by Crippen LogP contribution is -1.99. The first-order valence-electron chi connectivity index (χ1n) is 4.07. The summed E-state index contributed by atoms with van der Waals surface area (Å²) in [5.41, 5.74) is 3.08. The van der Waals surface area contributed by atoms with E-state index in [9.17, 15) is 4.79 Å². The molecule has 1 aliphatic heterocycles. The SMILES string of the molecule is CC(=O)C1=C(C=C(C)C)COC1. The lowest BCUT2D eigenvalue weighted by Gasteiger charge is -1.96. The zero-order chi connectivity index (χ0) is 9.14. The van der Waals surface area contributed by atoms with E-state index in [1.165, 1.54) is 5.57 Å². The van der Waals surface area contributed by atoms with Gasteiger partial charge in [0.1, 0.15) is 0 Å². The number of hydrogen-bond donors (Lipinski definition) is 0. The highest BCUT2D eigenvalue weighted by atomic mass is 16.5. The van der Waals surface area contributed by atoms with Crippen LogP contribution in [-0.2, 0) is 9.53 Å². The smallest absolute Gasteiger partial charge is 0.158 e. The summed E-state index contributed by atoms with van der Waals surface area (Å²) in [6.07, 6.45) is 2.02. The van der Waals surface area contributed by atoms with Crippen LogP contribution >= 0.6 is 0 Å². The van der Waals surface area contributed by atoms with Gasteiger partial charge >= 0.3 is 0 Å². The average Bonchev–Trinajstić information content (AvgIpc) is 2.33. The summed E-state index contributed by atoms with van der Waals surface area (Å²) >= 11 is 0. The highest BCUT2D eigenvalue weighted by molar-refractivity contribution is 5.95. The minimum absolute atomic E-state index is 0.125. The number of Topliss-reactive ketones (excluding diaryl/α,β-unsaturated/α-hetero) is 1. The quantitative estimate of drug-likeness (QED) is 0.626. The van der Waals surface area contributed by atoms with Crippen LogP contribution in [0.5, 0.6) is 0 Å². The number of carbonyl (C=O) groups is 1. The Morgan fingerprint density at radius 2 is 2.00 bits per heavy atom. The summed E-state index contributed by atoms with van der Waals surface area (Å²) in [6, 6.07) is 0. The molecule has 0 fully saturated rings. The standard InChI is InChI=1S/C10H14O2/c1-7(2)4-9-5-12-6-10(9)8(3)11/h4H,5-6H2,1-3H3. The van der Waals surface area contributed by atoms with Crippen molar-refractivity contribution in [1.29, 1.82) is 0 Å². The lowest BCUT2D eigenvalue weighted by atomic mass is 10.1. The molecule has 0 aliphatic carbocycles. The van der Waals surface area contributed by atoms with Gasteiger partial charge in [0.05, 0.1) is 13.2 Å². The maximum atomic E-state index is 11.1. The molecule has 0 saturated carbocycles. The van der Waals surface area contributed by atoms with Gasteiger partial charge in [-0.1, -0.05) is 11.6 Å². The van der Waals surface area contributed by atoms with Gasteiger partial charge < -0.3 is 4.74 Å². The molecule has 1 rings (SSSR count). The molecular formula is C10H14O2. The van der Waals surface area contributed by atoms with Gasteiger partial charge in [-0.15, -0.1) is 0 Å². The van der Waals surface area contributed by atoms with Crippen LogP contribution in [0.2, 0.25) is 0 Å². The summed E-state index contributed by atoms with van der Waals surface area (Å²) in [4.78, 5) is 11.1. The zero-order valence-electron chi connectivity index (χ0n) is 7.81. The van der Waals surface area contributed by atoms with Gasteiger partial charge in [-0.2, -0.15) is 0 Å². The second kappa shape index (κ2) is 3.68. The third-order valence-corrected chi connectivity index (χ3v) is 1.78. The Kier molecular flexibility index (Phi) is 2.82. The van der Waals surface area contributed by atoms with Crippen LogP contribution in [-0.4, -0.2) is 19.0 Å². The number of rotatable bonds is 2. The van der Waals surface area contributed by atoms with Crippen molar-refractivity contribution in [3.05, 3.63) is 22.8 Å². The first kappa shape index (κ1) is 9.20. The van der Waals surface area contributed by atoms with Gasteiger partial charge in [0, 0.05) is 5.57 Å².